The summed E-state index contributed by atoms with van der Waals surface area (Å²) in [6, 6.07) is 20.8. The molecule has 0 aliphatic rings. The normalized spacial score (nSPS) is 11.0. The van der Waals surface area contributed by atoms with Crippen LogP contribution in [0.15, 0.2) is 66.7 Å². The van der Waals surface area contributed by atoms with E-state index in [0.29, 0.717) is 27.3 Å². The Morgan fingerprint density at radius 2 is 1.82 bits per heavy atom. The molecule has 0 radical (unpaired) electrons. The van der Waals surface area contributed by atoms with Crippen LogP contribution >= 0.6 is 34.5 Å². The molecule has 0 N–H and O–H groups in total. The van der Waals surface area contributed by atoms with Gasteiger partial charge in [0.25, 0.3) is 5.91 Å². The summed E-state index contributed by atoms with van der Waals surface area (Å²) in [5.41, 5.74) is 3.35. The number of para-hydroxylation sites is 1. The molecule has 0 spiro atoms. The number of anilines is 1. The Morgan fingerprint density at radius 1 is 1.04 bits per heavy atom. The van der Waals surface area contributed by atoms with Crippen LogP contribution < -0.4 is 4.90 Å². The predicted molar refractivity (Wildman–Crippen MR) is 118 cm³/mol. The van der Waals surface area contributed by atoms with Crippen LogP contribution in [-0.4, -0.2) is 10.9 Å². The number of aryl methyl sites for hydroxylation is 1. The van der Waals surface area contributed by atoms with Crippen molar-refractivity contribution in [1.82, 2.24) is 4.98 Å². The molecule has 0 fully saturated rings. The molecule has 4 aromatic rings. The summed E-state index contributed by atoms with van der Waals surface area (Å²) in [5, 5.41) is 1.46. The van der Waals surface area contributed by atoms with Crippen LogP contribution in [0.3, 0.4) is 0 Å². The number of rotatable bonds is 4. The predicted octanol–water partition coefficient (Wildman–Crippen LogP) is 6.76. The summed E-state index contributed by atoms with van der Waals surface area (Å²) < 4.78 is 1.04. The van der Waals surface area contributed by atoms with Gasteiger partial charge in [-0.3, -0.25) is 9.69 Å². The van der Waals surface area contributed by atoms with Crippen molar-refractivity contribution in [3.05, 3.63) is 93.5 Å². The number of carbonyl (C=O) groups excluding carboxylic acids is 1. The highest BCUT2D eigenvalue weighted by Gasteiger charge is 2.24. The van der Waals surface area contributed by atoms with Crippen molar-refractivity contribution < 1.29 is 4.79 Å². The van der Waals surface area contributed by atoms with Crippen molar-refractivity contribution in [2.24, 2.45) is 0 Å². The van der Waals surface area contributed by atoms with Crippen molar-refractivity contribution in [3.8, 4) is 0 Å². The Labute approximate surface area is 177 Å². The van der Waals surface area contributed by atoms with Crippen LogP contribution in [-0.2, 0) is 6.54 Å². The minimum Gasteiger partial charge on any atom is -0.279 e. The molecule has 0 unspecified atom stereocenters. The van der Waals surface area contributed by atoms with Crippen molar-refractivity contribution >= 4 is 55.8 Å². The van der Waals surface area contributed by atoms with Crippen molar-refractivity contribution in [1.29, 1.82) is 0 Å². The Balaban J connectivity index is 1.82. The molecular weight excluding hydrogens is 411 g/mol. The van der Waals surface area contributed by atoms with Crippen LogP contribution in [0.4, 0.5) is 5.13 Å². The van der Waals surface area contributed by atoms with Gasteiger partial charge in [-0.05, 0) is 42.3 Å². The number of benzene rings is 3. The fourth-order valence-electron chi connectivity index (χ4n) is 2.99. The van der Waals surface area contributed by atoms with Gasteiger partial charge in [-0.1, -0.05) is 77.0 Å². The van der Waals surface area contributed by atoms with Crippen LogP contribution in [0, 0.1) is 6.92 Å². The molecule has 0 aliphatic heterocycles. The number of hydrogen-bond donors (Lipinski definition) is 0. The summed E-state index contributed by atoms with van der Waals surface area (Å²) in [7, 11) is 0. The first-order valence-electron chi connectivity index (χ1n) is 8.70. The third kappa shape index (κ3) is 3.76. The zero-order chi connectivity index (χ0) is 19.7. The number of aromatic nitrogens is 1. The number of halogens is 2. The Hall–Kier alpha value is -2.40. The highest BCUT2D eigenvalue weighted by atomic mass is 35.5. The molecular formula is C22H16Cl2N2OS. The van der Waals surface area contributed by atoms with E-state index in [1.807, 2.05) is 55.5 Å². The lowest BCUT2D eigenvalue weighted by Gasteiger charge is -2.21. The topological polar surface area (TPSA) is 33.2 Å². The molecule has 1 heterocycles. The van der Waals surface area contributed by atoms with Gasteiger partial charge in [-0.2, -0.15) is 0 Å². The maximum Gasteiger partial charge on any atom is 0.261 e. The van der Waals surface area contributed by atoms with Crippen molar-refractivity contribution in [2.45, 2.75) is 13.5 Å². The van der Waals surface area contributed by atoms with E-state index in [2.05, 4.69) is 0 Å². The second-order valence-corrected chi connectivity index (χ2v) is 8.27. The third-order valence-electron chi connectivity index (χ3n) is 4.43. The number of thiazole rings is 1. The number of fused-ring (bicyclic) bond motifs is 1. The van der Waals surface area contributed by atoms with Gasteiger partial charge < -0.3 is 0 Å². The third-order valence-corrected chi connectivity index (χ3v) is 6.04. The molecule has 3 nitrogen and oxygen atoms in total. The van der Waals surface area contributed by atoms with Crippen molar-refractivity contribution in [2.75, 3.05) is 4.90 Å². The van der Waals surface area contributed by atoms with E-state index >= 15 is 0 Å². The van der Waals surface area contributed by atoms with E-state index < -0.39 is 0 Å². The first kappa shape index (κ1) is 18.9. The first-order valence-corrected chi connectivity index (χ1v) is 10.3. The average molecular weight is 427 g/mol. The van der Waals surface area contributed by atoms with Gasteiger partial charge in [-0.25, -0.2) is 4.98 Å². The first-order chi connectivity index (χ1) is 13.5. The van der Waals surface area contributed by atoms with E-state index in [4.69, 9.17) is 28.2 Å². The molecule has 0 aliphatic carbocycles. The Bertz CT molecular complexity index is 1160. The molecule has 0 atom stereocenters. The van der Waals surface area contributed by atoms with E-state index in [0.717, 1.165) is 21.3 Å². The SMILES string of the molecule is Cc1cccc2sc(N(Cc3ccccc3)C(=O)c3cc(Cl)ccc3Cl)nc12. The summed E-state index contributed by atoms with van der Waals surface area (Å²) in [5.74, 6) is -0.229. The lowest BCUT2D eigenvalue weighted by atomic mass is 10.1. The standard InChI is InChI=1S/C22H16Cl2N2OS/c1-14-6-5-9-19-20(14)25-22(28-19)26(13-15-7-3-2-4-8-15)21(27)17-12-16(23)10-11-18(17)24/h2-12H,13H2,1H3. The van der Waals surface area contributed by atoms with E-state index in [1.165, 1.54) is 11.3 Å². The molecule has 0 saturated carbocycles. The van der Waals surface area contributed by atoms with E-state index in [1.54, 1.807) is 23.1 Å². The number of hydrogen-bond acceptors (Lipinski definition) is 3. The fraction of sp³-hybridized carbons (Fsp3) is 0.0909. The van der Waals surface area contributed by atoms with Gasteiger partial charge in [0.05, 0.1) is 27.3 Å². The number of carbonyl (C=O) groups is 1. The van der Waals surface area contributed by atoms with Crippen LogP contribution in [0.25, 0.3) is 10.2 Å². The molecule has 1 aromatic heterocycles. The maximum absolute atomic E-state index is 13.4. The Kier molecular flexibility index (Phi) is 5.36. The lowest BCUT2D eigenvalue weighted by Crippen LogP contribution is -2.30. The van der Waals surface area contributed by atoms with Crippen molar-refractivity contribution in [3.63, 3.8) is 0 Å². The monoisotopic (exact) mass is 426 g/mol. The molecule has 3 aromatic carbocycles. The minimum atomic E-state index is -0.229. The largest absolute Gasteiger partial charge is 0.279 e. The summed E-state index contributed by atoms with van der Waals surface area (Å²) >= 11 is 13.9. The van der Waals surface area contributed by atoms with Crippen LogP contribution in [0.2, 0.25) is 10.0 Å². The lowest BCUT2D eigenvalue weighted by molar-refractivity contribution is 0.0985. The second kappa shape index (κ2) is 7.92. The number of nitrogens with zero attached hydrogens (tertiary/aromatic N) is 2. The molecule has 140 valence electrons. The second-order valence-electron chi connectivity index (χ2n) is 6.42. The fourth-order valence-corrected chi connectivity index (χ4v) is 4.40. The minimum absolute atomic E-state index is 0.229. The highest BCUT2D eigenvalue weighted by molar-refractivity contribution is 7.22. The van der Waals surface area contributed by atoms with Gasteiger partial charge in [0, 0.05) is 5.02 Å². The highest BCUT2D eigenvalue weighted by Crippen LogP contribution is 2.33. The summed E-state index contributed by atoms with van der Waals surface area (Å²) in [6.07, 6.45) is 0. The molecule has 0 saturated heterocycles. The average Bonchev–Trinajstić information content (AvgIpc) is 3.14. The van der Waals surface area contributed by atoms with Crippen LogP contribution in [0.1, 0.15) is 21.5 Å². The molecule has 4 rings (SSSR count). The van der Waals surface area contributed by atoms with E-state index in [-0.39, 0.29) is 5.91 Å². The molecule has 6 heteroatoms. The van der Waals surface area contributed by atoms with Crippen LogP contribution in [0.5, 0.6) is 0 Å². The molecule has 28 heavy (non-hydrogen) atoms. The summed E-state index contributed by atoms with van der Waals surface area (Å²) in [4.78, 5) is 19.9. The Morgan fingerprint density at radius 3 is 2.57 bits per heavy atom. The zero-order valence-electron chi connectivity index (χ0n) is 15.0. The zero-order valence-corrected chi connectivity index (χ0v) is 17.4. The van der Waals surface area contributed by atoms with Gasteiger partial charge in [0.2, 0.25) is 0 Å². The van der Waals surface area contributed by atoms with Gasteiger partial charge >= 0.3 is 0 Å². The van der Waals surface area contributed by atoms with E-state index in [9.17, 15) is 4.79 Å². The van der Waals surface area contributed by atoms with Gasteiger partial charge in [0.15, 0.2) is 5.13 Å². The smallest absolute Gasteiger partial charge is 0.261 e. The maximum atomic E-state index is 13.4. The molecule has 0 bridgehead atoms. The van der Waals surface area contributed by atoms with Gasteiger partial charge in [-0.15, -0.1) is 0 Å². The van der Waals surface area contributed by atoms with Gasteiger partial charge in [0.1, 0.15) is 0 Å². The molecule has 1 amide bonds. The number of amides is 1. The quantitative estimate of drug-likeness (QED) is 0.361. The summed E-state index contributed by atoms with van der Waals surface area (Å²) in [6.45, 7) is 2.41.